The molecule has 2 rings (SSSR count). The fourth-order valence-corrected chi connectivity index (χ4v) is 2.99. The lowest BCUT2D eigenvalue weighted by molar-refractivity contribution is -0.133. The number of hydrogen-bond donors (Lipinski definition) is 0. The molecule has 1 heterocycles. The van der Waals surface area contributed by atoms with Gasteiger partial charge in [0.25, 0.3) is 0 Å². The Morgan fingerprint density at radius 2 is 2.04 bits per heavy atom. The summed E-state index contributed by atoms with van der Waals surface area (Å²) in [6.45, 7) is 3.89. The van der Waals surface area contributed by atoms with Crippen molar-refractivity contribution in [3.63, 3.8) is 0 Å². The molecule has 0 radical (unpaired) electrons. The maximum absolute atomic E-state index is 13.2. The van der Waals surface area contributed by atoms with E-state index in [0.29, 0.717) is 24.6 Å². The number of hydrogen-bond acceptors (Lipinski definition) is 3. The monoisotopic (exact) mass is 321 g/mol. The number of ketones is 1. The Morgan fingerprint density at radius 3 is 2.65 bits per heavy atom. The lowest BCUT2D eigenvalue weighted by atomic mass is 9.94. The molecule has 0 spiro atoms. The van der Waals surface area contributed by atoms with E-state index >= 15 is 0 Å². The SMILES string of the molecule is COCC1CCN(C(=O)C[C@@H](C)C(=O)c2cccc(F)c2)CC1. The molecule has 0 saturated carbocycles. The second-order valence-electron chi connectivity index (χ2n) is 6.26. The third-order valence-electron chi connectivity index (χ3n) is 4.41. The summed E-state index contributed by atoms with van der Waals surface area (Å²) in [5, 5.41) is 0. The van der Waals surface area contributed by atoms with E-state index in [-0.39, 0.29) is 18.1 Å². The van der Waals surface area contributed by atoms with Crippen LogP contribution in [0, 0.1) is 17.7 Å². The average molecular weight is 321 g/mol. The summed E-state index contributed by atoms with van der Waals surface area (Å²) >= 11 is 0. The number of rotatable bonds is 6. The van der Waals surface area contributed by atoms with Crippen LogP contribution in [0.15, 0.2) is 24.3 Å². The summed E-state index contributed by atoms with van der Waals surface area (Å²) in [5.41, 5.74) is 0.323. The molecule has 0 aromatic heterocycles. The molecule has 1 aromatic carbocycles. The quantitative estimate of drug-likeness (QED) is 0.757. The highest BCUT2D eigenvalue weighted by molar-refractivity contribution is 5.99. The van der Waals surface area contributed by atoms with Crippen molar-refractivity contribution >= 4 is 11.7 Å². The minimum absolute atomic E-state index is 0.00174. The van der Waals surface area contributed by atoms with Crippen LogP contribution in [0.4, 0.5) is 4.39 Å². The van der Waals surface area contributed by atoms with Crippen LogP contribution in [-0.4, -0.2) is 43.4 Å². The van der Waals surface area contributed by atoms with E-state index in [1.165, 1.54) is 18.2 Å². The fourth-order valence-electron chi connectivity index (χ4n) is 2.99. The molecule has 1 amide bonds. The van der Waals surface area contributed by atoms with E-state index < -0.39 is 11.7 Å². The van der Waals surface area contributed by atoms with Gasteiger partial charge in [-0.15, -0.1) is 0 Å². The Morgan fingerprint density at radius 1 is 1.35 bits per heavy atom. The second-order valence-corrected chi connectivity index (χ2v) is 6.26. The Kier molecular flexibility index (Phi) is 6.28. The van der Waals surface area contributed by atoms with Crippen LogP contribution < -0.4 is 0 Å². The molecule has 4 nitrogen and oxygen atoms in total. The number of halogens is 1. The summed E-state index contributed by atoms with van der Waals surface area (Å²) < 4.78 is 18.4. The first-order valence-corrected chi connectivity index (χ1v) is 8.07. The van der Waals surface area contributed by atoms with E-state index in [4.69, 9.17) is 4.74 Å². The summed E-state index contributed by atoms with van der Waals surface area (Å²) in [6, 6.07) is 5.62. The van der Waals surface area contributed by atoms with Crippen molar-refractivity contribution < 1.29 is 18.7 Å². The Bertz CT molecular complexity index is 553. The lowest BCUT2D eigenvalue weighted by Crippen LogP contribution is -2.40. The minimum atomic E-state index is -0.444. The van der Waals surface area contributed by atoms with Gasteiger partial charge in [0.15, 0.2) is 5.78 Å². The van der Waals surface area contributed by atoms with Crippen LogP contribution >= 0.6 is 0 Å². The predicted molar refractivity (Wildman–Crippen MR) is 85.7 cm³/mol. The molecule has 1 aliphatic rings. The van der Waals surface area contributed by atoms with Crippen LogP contribution in [-0.2, 0) is 9.53 Å². The number of carbonyl (C=O) groups is 2. The Balaban J connectivity index is 1.86. The maximum Gasteiger partial charge on any atom is 0.223 e. The molecular formula is C18H24FNO3. The first-order valence-electron chi connectivity index (χ1n) is 8.07. The zero-order valence-corrected chi connectivity index (χ0v) is 13.8. The molecule has 0 N–H and O–H groups in total. The minimum Gasteiger partial charge on any atom is -0.384 e. The first-order chi connectivity index (χ1) is 11.0. The Labute approximate surface area is 136 Å². The highest BCUT2D eigenvalue weighted by Crippen LogP contribution is 2.20. The van der Waals surface area contributed by atoms with Crippen LogP contribution in [0.3, 0.4) is 0 Å². The summed E-state index contributed by atoms with van der Waals surface area (Å²) in [5.74, 6) is -0.559. The van der Waals surface area contributed by atoms with Gasteiger partial charge in [-0.1, -0.05) is 19.1 Å². The number of likely N-dealkylation sites (tertiary alicyclic amines) is 1. The van der Waals surface area contributed by atoms with Crippen molar-refractivity contribution in [2.75, 3.05) is 26.8 Å². The van der Waals surface area contributed by atoms with Crippen molar-refractivity contribution in [2.45, 2.75) is 26.2 Å². The van der Waals surface area contributed by atoms with Crippen LogP contribution in [0.1, 0.15) is 36.5 Å². The summed E-state index contributed by atoms with van der Waals surface area (Å²) in [4.78, 5) is 26.5. The smallest absolute Gasteiger partial charge is 0.223 e. The number of Topliss-reactive ketones (excluding diaryl/α,β-unsaturated/α-hetero) is 1. The number of nitrogens with zero attached hydrogens (tertiary/aromatic N) is 1. The van der Waals surface area contributed by atoms with Gasteiger partial charge >= 0.3 is 0 Å². The number of methoxy groups -OCH3 is 1. The van der Waals surface area contributed by atoms with Gasteiger partial charge in [0.1, 0.15) is 5.82 Å². The number of amides is 1. The number of piperidine rings is 1. The molecule has 1 saturated heterocycles. The summed E-state index contributed by atoms with van der Waals surface area (Å²) in [6.07, 6.45) is 2.04. The van der Waals surface area contributed by atoms with E-state index in [2.05, 4.69) is 0 Å². The average Bonchev–Trinajstić information content (AvgIpc) is 2.55. The molecule has 5 heteroatoms. The van der Waals surface area contributed by atoms with Crippen molar-refractivity contribution in [1.82, 2.24) is 4.90 Å². The van der Waals surface area contributed by atoms with Gasteiger partial charge in [-0.25, -0.2) is 4.39 Å². The van der Waals surface area contributed by atoms with Crippen LogP contribution in [0.25, 0.3) is 0 Å². The van der Waals surface area contributed by atoms with Crippen molar-refractivity contribution in [2.24, 2.45) is 11.8 Å². The van der Waals surface area contributed by atoms with E-state index in [0.717, 1.165) is 19.4 Å². The first kappa shape index (κ1) is 17.6. The molecule has 1 fully saturated rings. The highest BCUT2D eigenvalue weighted by Gasteiger charge is 2.26. The third-order valence-corrected chi connectivity index (χ3v) is 4.41. The highest BCUT2D eigenvalue weighted by atomic mass is 19.1. The molecule has 23 heavy (non-hydrogen) atoms. The van der Waals surface area contributed by atoms with Crippen molar-refractivity contribution in [1.29, 1.82) is 0 Å². The van der Waals surface area contributed by atoms with Gasteiger partial charge in [-0.3, -0.25) is 9.59 Å². The molecular weight excluding hydrogens is 297 g/mol. The molecule has 1 aromatic rings. The molecule has 1 aliphatic heterocycles. The van der Waals surface area contributed by atoms with Gasteiger partial charge < -0.3 is 9.64 Å². The molecule has 1 atom stereocenters. The number of ether oxygens (including phenoxy) is 1. The normalized spacial score (nSPS) is 17.1. The van der Waals surface area contributed by atoms with Crippen LogP contribution in [0.5, 0.6) is 0 Å². The van der Waals surface area contributed by atoms with Gasteiger partial charge in [-0.05, 0) is 30.9 Å². The largest absolute Gasteiger partial charge is 0.384 e. The number of carbonyl (C=O) groups excluding carboxylic acids is 2. The molecule has 0 unspecified atom stereocenters. The predicted octanol–water partition coefficient (Wildman–Crippen LogP) is 2.92. The van der Waals surface area contributed by atoms with Gasteiger partial charge in [0.05, 0.1) is 0 Å². The van der Waals surface area contributed by atoms with Crippen LogP contribution in [0.2, 0.25) is 0 Å². The van der Waals surface area contributed by atoms with Gasteiger partial charge in [0, 0.05) is 44.7 Å². The standard InChI is InChI=1S/C18H24FNO3/c1-13(18(22)15-4-3-5-16(19)11-15)10-17(21)20-8-6-14(7-9-20)12-23-2/h3-5,11,13-14H,6-10,12H2,1-2H3/t13-/m1/s1. The van der Waals surface area contributed by atoms with Crippen molar-refractivity contribution in [3.8, 4) is 0 Å². The zero-order chi connectivity index (χ0) is 16.8. The van der Waals surface area contributed by atoms with E-state index in [1.807, 2.05) is 4.90 Å². The third kappa shape index (κ3) is 4.86. The fraction of sp³-hybridized carbons (Fsp3) is 0.556. The van der Waals surface area contributed by atoms with E-state index in [1.54, 1.807) is 20.1 Å². The van der Waals surface area contributed by atoms with E-state index in [9.17, 15) is 14.0 Å². The zero-order valence-electron chi connectivity index (χ0n) is 13.8. The Hall–Kier alpha value is -1.75. The van der Waals surface area contributed by atoms with Gasteiger partial charge in [0.2, 0.25) is 5.91 Å². The van der Waals surface area contributed by atoms with Gasteiger partial charge in [-0.2, -0.15) is 0 Å². The van der Waals surface area contributed by atoms with Crippen molar-refractivity contribution in [3.05, 3.63) is 35.6 Å². The molecule has 0 bridgehead atoms. The topological polar surface area (TPSA) is 46.6 Å². The maximum atomic E-state index is 13.2. The molecule has 126 valence electrons. The lowest BCUT2D eigenvalue weighted by Gasteiger charge is -2.32. The number of benzene rings is 1. The molecule has 0 aliphatic carbocycles. The summed E-state index contributed by atoms with van der Waals surface area (Å²) in [7, 11) is 1.69. The second kappa shape index (κ2) is 8.20.